The zero-order chi connectivity index (χ0) is 10.3. The lowest BCUT2D eigenvalue weighted by Crippen LogP contribution is -2.33. The lowest BCUT2D eigenvalue weighted by atomic mass is 9.97. The molecule has 0 radical (unpaired) electrons. The molecule has 0 amide bonds. The number of hydrogen-bond acceptors (Lipinski definition) is 1. The van der Waals surface area contributed by atoms with Gasteiger partial charge < -0.3 is 5.32 Å². The molecule has 1 fully saturated rings. The van der Waals surface area contributed by atoms with Gasteiger partial charge in [0.1, 0.15) is 0 Å². The van der Waals surface area contributed by atoms with E-state index in [1.807, 2.05) is 0 Å². The fourth-order valence-electron chi connectivity index (χ4n) is 2.34. The van der Waals surface area contributed by atoms with Crippen LogP contribution in [0.3, 0.4) is 0 Å². The Bertz CT molecular complexity index is 267. The zero-order valence-corrected chi connectivity index (χ0v) is 9.41. The standard InChI is InChI=1S/C14H21N/c1-2-4-8-13(7-3-1)10-11-14-9-5-6-12-15-14/h1-4,7,14-15H,5-6,8-12H2/t14-/m1/s1. The molecule has 0 bridgehead atoms. The first-order valence-corrected chi connectivity index (χ1v) is 6.20. The largest absolute Gasteiger partial charge is 0.314 e. The normalized spacial score (nSPS) is 26.1. The number of nitrogens with one attached hydrogen (secondary N) is 1. The molecule has 1 atom stereocenters. The fourth-order valence-corrected chi connectivity index (χ4v) is 2.34. The Hall–Kier alpha value is -0.820. The Morgan fingerprint density at radius 3 is 3.07 bits per heavy atom. The molecule has 1 nitrogen and oxygen atoms in total. The second kappa shape index (κ2) is 5.92. The molecule has 1 heterocycles. The van der Waals surface area contributed by atoms with E-state index in [1.54, 1.807) is 5.57 Å². The van der Waals surface area contributed by atoms with Gasteiger partial charge in [-0.1, -0.05) is 42.4 Å². The molecule has 1 heteroatoms. The number of hydrogen-bond donors (Lipinski definition) is 1. The summed E-state index contributed by atoms with van der Waals surface area (Å²) in [4.78, 5) is 0. The van der Waals surface area contributed by atoms with Gasteiger partial charge in [0.2, 0.25) is 0 Å². The van der Waals surface area contributed by atoms with Crippen LogP contribution >= 0.6 is 0 Å². The van der Waals surface area contributed by atoms with Crippen LogP contribution in [0, 0.1) is 0 Å². The second-order valence-corrected chi connectivity index (χ2v) is 4.53. The third-order valence-corrected chi connectivity index (χ3v) is 3.30. The van der Waals surface area contributed by atoms with Crippen LogP contribution < -0.4 is 5.32 Å². The van der Waals surface area contributed by atoms with E-state index in [4.69, 9.17) is 0 Å². The van der Waals surface area contributed by atoms with Gasteiger partial charge in [-0.25, -0.2) is 0 Å². The van der Waals surface area contributed by atoms with E-state index in [-0.39, 0.29) is 0 Å². The van der Waals surface area contributed by atoms with Crippen molar-refractivity contribution in [2.45, 2.75) is 44.6 Å². The van der Waals surface area contributed by atoms with Crippen LogP contribution in [0.2, 0.25) is 0 Å². The highest BCUT2D eigenvalue weighted by Gasteiger charge is 2.12. The quantitative estimate of drug-likeness (QED) is 0.741. The molecule has 0 unspecified atom stereocenters. The minimum Gasteiger partial charge on any atom is -0.314 e. The van der Waals surface area contributed by atoms with Crippen molar-refractivity contribution in [3.8, 4) is 0 Å². The molecule has 2 rings (SSSR count). The Morgan fingerprint density at radius 2 is 2.20 bits per heavy atom. The van der Waals surface area contributed by atoms with Crippen molar-refractivity contribution in [2.75, 3.05) is 6.54 Å². The van der Waals surface area contributed by atoms with Crippen LogP contribution in [0.25, 0.3) is 0 Å². The van der Waals surface area contributed by atoms with Crippen molar-refractivity contribution in [3.63, 3.8) is 0 Å². The van der Waals surface area contributed by atoms with Gasteiger partial charge in [0.25, 0.3) is 0 Å². The summed E-state index contributed by atoms with van der Waals surface area (Å²) in [6.07, 6.45) is 18.8. The van der Waals surface area contributed by atoms with Gasteiger partial charge in [0.15, 0.2) is 0 Å². The van der Waals surface area contributed by atoms with Gasteiger partial charge in [-0.3, -0.25) is 0 Å². The van der Waals surface area contributed by atoms with Crippen LogP contribution in [0.5, 0.6) is 0 Å². The van der Waals surface area contributed by atoms with Crippen molar-refractivity contribution in [3.05, 3.63) is 36.0 Å². The highest BCUT2D eigenvalue weighted by atomic mass is 14.9. The monoisotopic (exact) mass is 203 g/mol. The molecule has 82 valence electrons. The van der Waals surface area contributed by atoms with Crippen LogP contribution in [0.15, 0.2) is 36.0 Å². The highest BCUT2D eigenvalue weighted by molar-refractivity contribution is 5.23. The summed E-state index contributed by atoms with van der Waals surface area (Å²) in [5.41, 5.74) is 1.58. The topological polar surface area (TPSA) is 12.0 Å². The molecule has 1 aliphatic heterocycles. The number of piperidine rings is 1. The van der Waals surface area contributed by atoms with Crippen LogP contribution in [-0.4, -0.2) is 12.6 Å². The Balaban J connectivity index is 1.74. The predicted molar refractivity (Wildman–Crippen MR) is 65.9 cm³/mol. The van der Waals surface area contributed by atoms with Crippen LogP contribution in [-0.2, 0) is 0 Å². The van der Waals surface area contributed by atoms with E-state index in [0.717, 1.165) is 12.5 Å². The molecular weight excluding hydrogens is 182 g/mol. The summed E-state index contributed by atoms with van der Waals surface area (Å²) in [6, 6.07) is 0.774. The first-order valence-electron chi connectivity index (χ1n) is 6.20. The van der Waals surface area contributed by atoms with Gasteiger partial charge >= 0.3 is 0 Å². The highest BCUT2D eigenvalue weighted by Crippen LogP contribution is 2.18. The first-order chi connectivity index (χ1) is 7.45. The van der Waals surface area contributed by atoms with Gasteiger partial charge in [0.05, 0.1) is 0 Å². The summed E-state index contributed by atoms with van der Waals surface area (Å²) in [7, 11) is 0. The van der Waals surface area contributed by atoms with E-state index in [9.17, 15) is 0 Å². The minimum absolute atomic E-state index is 0.774. The van der Waals surface area contributed by atoms with E-state index in [1.165, 1.54) is 38.6 Å². The summed E-state index contributed by atoms with van der Waals surface area (Å²) >= 11 is 0. The van der Waals surface area contributed by atoms with Crippen molar-refractivity contribution in [1.29, 1.82) is 0 Å². The average Bonchev–Trinajstić information content (AvgIpc) is 2.56. The van der Waals surface area contributed by atoms with Crippen molar-refractivity contribution in [2.24, 2.45) is 0 Å². The predicted octanol–water partition coefficient (Wildman–Crippen LogP) is 3.35. The van der Waals surface area contributed by atoms with Crippen molar-refractivity contribution < 1.29 is 0 Å². The lowest BCUT2D eigenvalue weighted by Gasteiger charge is -2.23. The maximum atomic E-state index is 3.61. The third kappa shape index (κ3) is 3.67. The van der Waals surface area contributed by atoms with Gasteiger partial charge in [-0.2, -0.15) is 0 Å². The van der Waals surface area contributed by atoms with Crippen molar-refractivity contribution >= 4 is 0 Å². The van der Waals surface area contributed by atoms with Gasteiger partial charge in [-0.15, -0.1) is 0 Å². The fraction of sp³-hybridized carbons (Fsp3) is 0.571. The SMILES string of the molecule is C1=CC=C(CC[C@H]2CCCCN2)CC=C1. The lowest BCUT2D eigenvalue weighted by molar-refractivity contribution is 0.382. The molecule has 0 spiro atoms. The van der Waals surface area contributed by atoms with Gasteiger partial charge in [-0.05, 0) is 38.6 Å². The Labute approximate surface area is 93.0 Å². The van der Waals surface area contributed by atoms with Gasteiger partial charge in [0, 0.05) is 6.04 Å². The number of rotatable bonds is 3. The molecule has 2 aliphatic rings. The van der Waals surface area contributed by atoms with E-state index >= 15 is 0 Å². The van der Waals surface area contributed by atoms with E-state index in [2.05, 4.69) is 35.7 Å². The summed E-state index contributed by atoms with van der Waals surface area (Å²) in [5, 5.41) is 3.61. The van der Waals surface area contributed by atoms with Crippen molar-refractivity contribution in [1.82, 2.24) is 5.32 Å². The molecule has 0 saturated carbocycles. The average molecular weight is 203 g/mol. The molecule has 0 aromatic heterocycles. The molecule has 0 aromatic carbocycles. The molecular formula is C14H21N. The Kier molecular flexibility index (Phi) is 4.22. The minimum atomic E-state index is 0.774. The van der Waals surface area contributed by atoms with E-state index < -0.39 is 0 Å². The zero-order valence-electron chi connectivity index (χ0n) is 9.41. The summed E-state index contributed by atoms with van der Waals surface area (Å²) < 4.78 is 0. The third-order valence-electron chi connectivity index (χ3n) is 3.30. The molecule has 15 heavy (non-hydrogen) atoms. The van der Waals surface area contributed by atoms with Crippen LogP contribution in [0.4, 0.5) is 0 Å². The number of allylic oxidation sites excluding steroid dienone is 6. The molecule has 0 aromatic rings. The smallest absolute Gasteiger partial charge is 0.00701 e. The molecule has 1 N–H and O–H groups in total. The van der Waals surface area contributed by atoms with Crippen LogP contribution in [0.1, 0.15) is 38.5 Å². The molecule has 1 aliphatic carbocycles. The second-order valence-electron chi connectivity index (χ2n) is 4.53. The molecule has 1 saturated heterocycles. The summed E-state index contributed by atoms with van der Waals surface area (Å²) in [5.74, 6) is 0. The first kappa shape index (κ1) is 10.7. The summed E-state index contributed by atoms with van der Waals surface area (Å²) in [6.45, 7) is 1.23. The Morgan fingerprint density at radius 1 is 1.20 bits per heavy atom. The van der Waals surface area contributed by atoms with E-state index in [0.29, 0.717) is 0 Å². The maximum Gasteiger partial charge on any atom is 0.00701 e. The maximum absolute atomic E-state index is 3.61.